The molecule has 0 spiro atoms. The maximum absolute atomic E-state index is 13.2. The lowest BCUT2D eigenvalue weighted by atomic mass is 9.84. The van der Waals surface area contributed by atoms with Crippen LogP contribution in [0.2, 0.25) is 0 Å². The van der Waals surface area contributed by atoms with Crippen LogP contribution in [-0.4, -0.2) is 80.2 Å². The van der Waals surface area contributed by atoms with Gasteiger partial charge < -0.3 is 34.8 Å². The number of hydrogen-bond acceptors (Lipinski definition) is 9. The fourth-order valence-electron chi connectivity index (χ4n) is 8.93. The monoisotopic (exact) mass is 731 g/mol. The van der Waals surface area contributed by atoms with Crippen molar-refractivity contribution in [1.82, 2.24) is 29.7 Å². The minimum atomic E-state index is -0.516. The Morgan fingerprint density at radius 2 is 1.61 bits per heavy atom. The quantitative estimate of drug-likeness (QED) is 0.144. The van der Waals surface area contributed by atoms with Crippen LogP contribution in [0.1, 0.15) is 101 Å². The molecule has 5 atom stereocenters. The standard InChI is InChI=1S/C42H49N7O5/c1-4-36(53-22-50)48-15-5-7-32(48)40-44-20-31(46-40)26-11-13-27-29-21-52-34-17-25(12-14-28(34)37(29)39(24-9-10-24)54-35(27)18-26)30-19-45-41(47-30)33-8-6-16-49(33)42(51)38(43)23(2)3/h11-14,17-20,22-24,32-33,36,38-39H,4-10,15-16,21,43H2,1-3H3,(H,44,46)(H,45,47)/t32-,33-,36?,38-,39?/m0/s1. The Balaban J connectivity index is 0.978. The van der Waals surface area contributed by atoms with Crippen molar-refractivity contribution >= 4 is 23.5 Å². The minimum absolute atomic E-state index is 0.00941. The highest BCUT2D eigenvalue weighted by molar-refractivity contribution is 6.00. The molecule has 1 amide bonds. The van der Waals surface area contributed by atoms with E-state index in [1.165, 1.54) is 11.1 Å². The van der Waals surface area contributed by atoms with Crippen LogP contribution in [0.3, 0.4) is 0 Å². The number of carbonyl (C=O) groups excluding carboxylic acids is 2. The van der Waals surface area contributed by atoms with Gasteiger partial charge in [-0.15, -0.1) is 0 Å². The molecular formula is C42H49N7O5. The third kappa shape index (κ3) is 6.09. The van der Waals surface area contributed by atoms with E-state index < -0.39 is 6.04 Å². The minimum Gasteiger partial charge on any atom is -0.488 e. The normalized spacial score (nSPS) is 23.4. The number of nitrogens with one attached hydrogen (secondary N) is 2. The third-order valence-electron chi connectivity index (χ3n) is 12.1. The average Bonchev–Trinajstić information content (AvgIpc) is 3.65. The number of aromatic nitrogens is 4. The Labute approximate surface area is 315 Å². The fourth-order valence-corrected chi connectivity index (χ4v) is 8.93. The first-order valence-corrected chi connectivity index (χ1v) is 19.7. The molecule has 1 saturated carbocycles. The molecule has 12 nitrogen and oxygen atoms in total. The summed E-state index contributed by atoms with van der Waals surface area (Å²) < 4.78 is 18.8. The van der Waals surface area contributed by atoms with Crippen molar-refractivity contribution in [3.8, 4) is 34.0 Å². The SMILES string of the molecule is CCC(OC=O)N1CCC[C@H]1c1ncc(-c2ccc3c(c2)OC(C2CC2)C2=C3COc3cc(-c4cnc([C@@H]5CCCN5C(=O)[C@@H](N)C(C)C)[nH]4)ccc32)[nH]1. The number of nitrogens with zero attached hydrogens (tertiary/aromatic N) is 4. The molecule has 282 valence electrons. The lowest BCUT2D eigenvalue weighted by Gasteiger charge is -2.35. The maximum Gasteiger partial charge on any atom is 0.294 e. The van der Waals surface area contributed by atoms with Crippen LogP contribution in [0.4, 0.5) is 0 Å². The molecule has 9 rings (SSSR count). The molecule has 2 unspecified atom stereocenters. The summed E-state index contributed by atoms with van der Waals surface area (Å²) in [6, 6.07) is 12.2. The Morgan fingerprint density at radius 3 is 2.30 bits per heavy atom. The number of aromatic amines is 2. The number of carbonyl (C=O) groups is 2. The predicted octanol–water partition coefficient (Wildman–Crippen LogP) is 6.63. The van der Waals surface area contributed by atoms with E-state index in [9.17, 15) is 9.59 Å². The molecule has 0 radical (unpaired) electrons. The fraction of sp³-hybridized carbons (Fsp3) is 0.476. The largest absolute Gasteiger partial charge is 0.488 e. The van der Waals surface area contributed by atoms with Crippen molar-refractivity contribution in [3.05, 3.63) is 71.6 Å². The van der Waals surface area contributed by atoms with Crippen LogP contribution in [-0.2, 0) is 14.3 Å². The van der Waals surface area contributed by atoms with Crippen molar-refractivity contribution in [2.75, 3.05) is 19.7 Å². The van der Waals surface area contributed by atoms with E-state index in [-0.39, 0.29) is 36.2 Å². The Kier molecular flexibility index (Phi) is 9.05. The Hall–Kier alpha value is -4.94. The number of hydrogen-bond donors (Lipinski definition) is 3. The van der Waals surface area contributed by atoms with E-state index in [0.717, 1.165) is 108 Å². The molecule has 0 bridgehead atoms. The highest BCUT2D eigenvalue weighted by atomic mass is 16.5. The summed E-state index contributed by atoms with van der Waals surface area (Å²) in [6.45, 7) is 8.57. The van der Waals surface area contributed by atoms with Crippen LogP contribution >= 0.6 is 0 Å². The van der Waals surface area contributed by atoms with E-state index in [1.807, 2.05) is 38.1 Å². The van der Waals surface area contributed by atoms with Crippen molar-refractivity contribution in [2.24, 2.45) is 17.6 Å². The molecule has 2 aromatic carbocycles. The Bertz CT molecular complexity index is 2100. The lowest BCUT2D eigenvalue weighted by molar-refractivity contribution is -0.145. The predicted molar refractivity (Wildman–Crippen MR) is 204 cm³/mol. The van der Waals surface area contributed by atoms with Crippen LogP contribution in [0.25, 0.3) is 33.7 Å². The van der Waals surface area contributed by atoms with Gasteiger partial charge in [0.25, 0.3) is 6.47 Å². The number of benzene rings is 2. The van der Waals surface area contributed by atoms with Crippen molar-refractivity contribution in [2.45, 2.75) is 96.2 Å². The summed E-state index contributed by atoms with van der Waals surface area (Å²) in [5.41, 5.74) is 14.6. The lowest BCUT2D eigenvalue weighted by Crippen LogP contribution is -2.46. The van der Waals surface area contributed by atoms with Crippen molar-refractivity contribution in [3.63, 3.8) is 0 Å². The van der Waals surface area contributed by atoms with Gasteiger partial charge in [-0.1, -0.05) is 45.0 Å². The number of rotatable bonds is 11. The summed E-state index contributed by atoms with van der Waals surface area (Å²) >= 11 is 0. The molecule has 2 saturated heterocycles. The summed E-state index contributed by atoms with van der Waals surface area (Å²) in [4.78, 5) is 45.1. The molecule has 5 aliphatic rings. The highest BCUT2D eigenvalue weighted by Crippen LogP contribution is 2.52. The molecular weight excluding hydrogens is 683 g/mol. The first kappa shape index (κ1) is 34.8. The summed E-state index contributed by atoms with van der Waals surface area (Å²) in [6.07, 6.45) is 10.2. The maximum atomic E-state index is 13.2. The van der Waals surface area contributed by atoms with Crippen molar-refractivity contribution < 1.29 is 23.8 Å². The van der Waals surface area contributed by atoms with Gasteiger partial charge in [-0.25, -0.2) is 9.97 Å². The second-order valence-corrected chi connectivity index (χ2v) is 15.8. The molecule has 2 aromatic heterocycles. The number of nitrogens with two attached hydrogens (primary N) is 1. The van der Waals surface area contributed by atoms with Crippen molar-refractivity contribution in [1.29, 1.82) is 0 Å². The molecule has 1 aliphatic carbocycles. The van der Waals surface area contributed by atoms with E-state index in [0.29, 0.717) is 25.5 Å². The average molecular weight is 732 g/mol. The Morgan fingerprint density at radius 1 is 0.944 bits per heavy atom. The topological polar surface area (TPSA) is 152 Å². The summed E-state index contributed by atoms with van der Waals surface area (Å²) in [5, 5.41) is 0. The third-order valence-corrected chi connectivity index (χ3v) is 12.1. The second kappa shape index (κ2) is 14.0. The van der Waals surface area contributed by atoms with Gasteiger partial charge in [-0.2, -0.15) is 0 Å². The van der Waals surface area contributed by atoms with Crippen LogP contribution in [0, 0.1) is 11.8 Å². The molecule has 6 heterocycles. The number of H-pyrrole nitrogens is 2. The van der Waals surface area contributed by atoms with Crippen LogP contribution < -0.4 is 15.2 Å². The van der Waals surface area contributed by atoms with Crippen LogP contribution in [0.5, 0.6) is 11.5 Å². The molecule has 4 aromatic rings. The summed E-state index contributed by atoms with van der Waals surface area (Å²) in [5.74, 6) is 3.92. The molecule has 3 fully saturated rings. The second-order valence-electron chi connectivity index (χ2n) is 15.8. The molecule has 4 N–H and O–H groups in total. The number of amides is 1. The van der Waals surface area contributed by atoms with Gasteiger partial charge in [0, 0.05) is 52.4 Å². The van der Waals surface area contributed by atoms with Gasteiger partial charge in [-0.3, -0.25) is 14.5 Å². The van der Waals surface area contributed by atoms with Gasteiger partial charge in [-0.05, 0) is 63.0 Å². The number of imidazole rings is 2. The van der Waals surface area contributed by atoms with E-state index in [4.69, 9.17) is 29.9 Å². The zero-order chi connectivity index (χ0) is 37.1. The first-order valence-electron chi connectivity index (χ1n) is 19.7. The smallest absolute Gasteiger partial charge is 0.294 e. The first-order chi connectivity index (χ1) is 26.3. The zero-order valence-electron chi connectivity index (χ0n) is 31.2. The zero-order valence-corrected chi connectivity index (χ0v) is 31.2. The highest BCUT2D eigenvalue weighted by Gasteiger charge is 2.43. The molecule has 54 heavy (non-hydrogen) atoms. The van der Waals surface area contributed by atoms with Gasteiger partial charge in [0.15, 0.2) is 6.23 Å². The summed E-state index contributed by atoms with van der Waals surface area (Å²) in [7, 11) is 0. The van der Waals surface area contributed by atoms with E-state index in [1.54, 1.807) is 0 Å². The molecule has 12 heteroatoms. The van der Waals surface area contributed by atoms with Crippen LogP contribution in [0.15, 0.2) is 48.8 Å². The number of fused-ring (bicyclic) bond motifs is 4. The van der Waals surface area contributed by atoms with Gasteiger partial charge in [0.05, 0.1) is 41.9 Å². The number of likely N-dealkylation sites (tertiary alicyclic amines) is 2. The van der Waals surface area contributed by atoms with E-state index in [2.05, 4.69) is 51.3 Å². The van der Waals surface area contributed by atoms with Gasteiger partial charge >= 0.3 is 0 Å². The van der Waals surface area contributed by atoms with Gasteiger partial charge in [0.2, 0.25) is 5.91 Å². The number of ether oxygens (including phenoxy) is 3. The molecule has 4 aliphatic heterocycles. The van der Waals surface area contributed by atoms with E-state index >= 15 is 0 Å². The van der Waals surface area contributed by atoms with Gasteiger partial charge in [0.1, 0.15) is 35.9 Å².